The van der Waals surface area contributed by atoms with Crippen molar-refractivity contribution in [3.63, 3.8) is 0 Å². The highest BCUT2D eigenvalue weighted by Crippen LogP contribution is 2.14. The lowest BCUT2D eigenvalue weighted by Gasteiger charge is -2.27. The molecule has 2 heterocycles. The molecule has 0 radical (unpaired) electrons. The van der Waals surface area contributed by atoms with Crippen LogP contribution in [0.3, 0.4) is 0 Å². The monoisotopic (exact) mass is 266 g/mol. The minimum atomic E-state index is 0.233. The highest BCUT2D eigenvalue weighted by atomic mass is 32.2. The predicted molar refractivity (Wildman–Crippen MR) is 71.6 cm³/mol. The normalized spacial score (nSPS) is 15.7. The number of hydrogen-bond donors (Lipinski definition) is 1. The van der Waals surface area contributed by atoms with Gasteiger partial charge in [-0.05, 0) is 13.0 Å². The van der Waals surface area contributed by atoms with Crippen molar-refractivity contribution in [2.45, 2.75) is 18.5 Å². The molecular weight excluding hydrogens is 248 g/mol. The van der Waals surface area contributed by atoms with Crippen molar-refractivity contribution in [3.05, 3.63) is 18.0 Å². The molecule has 6 heteroatoms. The molecule has 0 aromatic carbocycles. The van der Waals surface area contributed by atoms with Crippen molar-refractivity contribution in [1.82, 2.24) is 20.2 Å². The van der Waals surface area contributed by atoms with Crippen LogP contribution in [0.5, 0.6) is 0 Å². The molecule has 5 nitrogen and oxygen atoms in total. The summed E-state index contributed by atoms with van der Waals surface area (Å²) >= 11 is 1.54. The minimum Gasteiger partial charge on any atom is -0.340 e. The number of nitrogens with zero attached hydrogens (tertiary/aromatic N) is 3. The fourth-order valence-electron chi connectivity index (χ4n) is 1.80. The summed E-state index contributed by atoms with van der Waals surface area (Å²) < 4.78 is 0. The SMILES string of the molecule is Cc1ccnc(SCCC(=O)N2CCNCC2)n1. The van der Waals surface area contributed by atoms with Crippen molar-refractivity contribution in [1.29, 1.82) is 0 Å². The molecule has 1 aliphatic rings. The second kappa shape index (κ2) is 6.70. The van der Waals surface area contributed by atoms with E-state index in [1.54, 1.807) is 18.0 Å². The van der Waals surface area contributed by atoms with Gasteiger partial charge in [-0.3, -0.25) is 4.79 Å². The number of aryl methyl sites for hydroxylation is 1. The maximum absolute atomic E-state index is 11.9. The summed E-state index contributed by atoms with van der Waals surface area (Å²) in [5, 5.41) is 3.99. The van der Waals surface area contributed by atoms with E-state index in [1.807, 2.05) is 17.9 Å². The molecule has 2 rings (SSSR count). The van der Waals surface area contributed by atoms with Crippen LogP contribution < -0.4 is 5.32 Å². The molecule has 0 spiro atoms. The Morgan fingerprint density at radius 2 is 2.28 bits per heavy atom. The average molecular weight is 266 g/mol. The smallest absolute Gasteiger partial charge is 0.223 e. The van der Waals surface area contributed by atoms with E-state index < -0.39 is 0 Å². The molecule has 18 heavy (non-hydrogen) atoms. The summed E-state index contributed by atoms with van der Waals surface area (Å²) in [5.74, 6) is 0.975. The van der Waals surface area contributed by atoms with E-state index in [-0.39, 0.29) is 5.91 Å². The minimum absolute atomic E-state index is 0.233. The fourth-order valence-corrected chi connectivity index (χ4v) is 2.60. The Bertz CT molecular complexity index is 407. The van der Waals surface area contributed by atoms with Crippen molar-refractivity contribution >= 4 is 17.7 Å². The number of nitrogens with one attached hydrogen (secondary N) is 1. The zero-order valence-electron chi connectivity index (χ0n) is 10.6. The Kier molecular flexibility index (Phi) is 4.95. The van der Waals surface area contributed by atoms with Crippen molar-refractivity contribution in [2.75, 3.05) is 31.9 Å². The first-order valence-electron chi connectivity index (χ1n) is 6.16. The molecule has 1 N–H and O–H groups in total. The number of carbonyl (C=O) groups excluding carboxylic acids is 1. The molecule has 0 aliphatic carbocycles. The van der Waals surface area contributed by atoms with Crippen molar-refractivity contribution in [2.24, 2.45) is 0 Å². The maximum Gasteiger partial charge on any atom is 0.223 e. The van der Waals surface area contributed by atoms with Gasteiger partial charge in [0.2, 0.25) is 5.91 Å². The second-order valence-electron chi connectivity index (χ2n) is 4.21. The van der Waals surface area contributed by atoms with E-state index in [0.29, 0.717) is 6.42 Å². The second-order valence-corrected chi connectivity index (χ2v) is 5.27. The Morgan fingerprint density at radius 3 is 3.00 bits per heavy atom. The molecule has 1 aliphatic heterocycles. The Hall–Kier alpha value is -1.14. The highest BCUT2D eigenvalue weighted by Gasteiger charge is 2.15. The van der Waals surface area contributed by atoms with E-state index in [2.05, 4.69) is 15.3 Å². The van der Waals surface area contributed by atoms with E-state index in [1.165, 1.54) is 0 Å². The summed E-state index contributed by atoms with van der Waals surface area (Å²) in [7, 11) is 0. The molecule has 0 saturated carbocycles. The van der Waals surface area contributed by atoms with Gasteiger partial charge in [0.1, 0.15) is 0 Å². The lowest BCUT2D eigenvalue weighted by atomic mass is 10.3. The van der Waals surface area contributed by atoms with Crippen LogP contribution in [0.4, 0.5) is 0 Å². The van der Waals surface area contributed by atoms with E-state index in [9.17, 15) is 4.79 Å². The molecule has 1 saturated heterocycles. The molecule has 98 valence electrons. The number of carbonyl (C=O) groups is 1. The molecule has 1 amide bonds. The largest absolute Gasteiger partial charge is 0.340 e. The van der Waals surface area contributed by atoms with Gasteiger partial charge < -0.3 is 10.2 Å². The van der Waals surface area contributed by atoms with E-state index >= 15 is 0 Å². The molecule has 0 bridgehead atoms. The average Bonchev–Trinajstić information content (AvgIpc) is 2.40. The summed E-state index contributed by atoms with van der Waals surface area (Å²) in [6.45, 7) is 5.40. The van der Waals surface area contributed by atoms with Crippen molar-refractivity contribution < 1.29 is 4.79 Å². The van der Waals surface area contributed by atoms with Gasteiger partial charge in [0.15, 0.2) is 5.16 Å². The van der Waals surface area contributed by atoms with Crippen LogP contribution >= 0.6 is 11.8 Å². The first-order valence-corrected chi connectivity index (χ1v) is 7.15. The Labute approximate surface area is 111 Å². The van der Waals surface area contributed by atoms with E-state index in [0.717, 1.165) is 42.8 Å². The summed E-state index contributed by atoms with van der Waals surface area (Å²) in [6.07, 6.45) is 2.31. The van der Waals surface area contributed by atoms with Crippen molar-refractivity contribution in [3.8, 4) is 0 Å². The summed E-state index contributed by atoms with van der Waals surface area (Å²) in [6, 6.07) is 1.87. The number of thioether (sulfide) groups is 1. The molecule has 0 unspecified atom stereocenters. The quantitative estimate of drug-likeness (QED) is 0.642. The van der Waals surface area contributed by atoms with Crippen LogP contribution in [0, 0.1) is 6.92 Å². The maximum atomic E-state index is 11.9. The molecule has 1 fully saturated rings. The van der Waals surface area contributed by atoms with Crippen LogP contribution in [-0.4, -0.2) is 52.7 Å². The number of piperazine rings is 1. The third kappa shape index (κ3) is 3.96. The lowest BCUT2D eigenvalue weighted by molar-refractivity contribution is -0.131. The fraction of sp³-hybridized carbons (Fsp3) is 0.583. The van der Waals surface area contributed by atoms with Crippen LogP contribution in [0.25, 0.3) is 0 Å². The van der Waals surface area contributed by atoms with Crippen LogP contribution in [0.2, 0.25) is 0 Å². The molecular formula is C12H18N4OS. The topological polar surface area (TPSA) is 58.1 Å². The van der Waals surface area contributed by atoms with Gasteiger partial charge in [0.25, 0.3) is 0 Å². The highest BCUT2D eigenvalue weighted by molar-refractivity contribution is 7.99. The van der Waals surface area contributed by atoms with Crippen LogP contribution in [-0.2, 0) is 4.79 Å². The number of aromatic nitrogens is 2. The van der Waals surface area contributed by atoms with Crippen LogP contribution in [0.1, 0.15) is 12.1 Å². The lowest BCUT2D eigenvalue weighted by Crippen LogP contribution is -2.46. The zero-order valence-corrected chi connectivity index (χ0v) is 11.4. The summed E-state index contributed by atoms with van der Waals surface area (Å²) in [5.41, 5.74) is 0.959. The van der Waals surface area contributed by atoms with Gasteiger partial charge in [-0.2, -0.15) is 0 Å². The standard InChI is InChI=1S/C12H18N4OS/c1-10-2-4-14-12(15-10)18-9-3-11(17)16-7-5-13-6-8-16/h2,4,13H,3,5-9H2,1H3. The van der Waals surface area contributed by atoms with E-state index in [4.69, 9.17) is 0 Å². The number of hydrogen-bond acceptors (Lipinski definition) is 5. The summed E-state index contributed by atoms with van der Waals surface area (Å²) in [4.78, 5) is 22.3. The number of rotatable bonds is 4. The van der Waals surface area contributed by atoms with Gasteiger partial charge in [-0.1, -0.05) is 11.8 Å². The third-order valence-electron chi connectivity index (χ3n) is 2.79. The first-order chi connectivity index (χ1) is 8.75. The van der Waals surface area contributed by atoms with Gasteiger partial charge in [-0.25, -0.2) is 9.97 Å². The van der Waals surface area contributed by atoms with Gasteiger partial charge >= 0.3 is 0 Å². The Balaban J connectivity index is 1.73. The predicted octanol–water partition coefficient (Wildman–Crippen LogP) is 0.699. The molecule has 1 aromatic heterocycles. The molecule has 1 aromatic rings. The third-order valence-corrected chi connectivity index (χ3v) is 3.65. The van der Waals surface area contributed by atoms with Gasteiger partial charge in [-0.15, -0.1) is 0 Å². The first kappa shape index (κ1) is 13.3. The van der Waals surface area contributed by atoms with Gasteiger partial charge in [0.05, 0.1) is 0 Å². The number of amides is 1. The zero-order chi connectivity index (χ0) is 12.8. The van der Waals surface area contributed by atoms with Gasteiger partial charge in [0, 0.05) is 50.2 Å². The van der Waals surface area contributed by atoms with Crippen LogP contribution in [0.15, 0.2) is 17.4 Å². The Morgan fingerprint density at radius 1 is 1.50 bits per heavy atom. The molecule has 0 atom stereocenters.